The summed E-state index contributed by atoms with van der Waals surface area (Å²) >= 11 is 1.16. The van der Waals surface area contributed by atoms with Crippen LogP contribution < -0.4 is 5.32 Å². The minimum absolute atomic E-state index is 0.120. The molecule has 1 aliphatic rings. The minimum Gasteiger partial charge on any atom is -0.347 e. The lowest BCUT2D eigenvalue weighted by Gasteiger charge is -2.15. The fourth-order valence-electron chi connectivity index (χ4n) is 2.59. The van der Waals surface area contributed by atoms with Gasteiger partial charge in [-0.15, -0.1) is 11.3 Å². The van der Waals surface area contributed by atoms with E-state index in [9.17, 15) is 13.2 Å². The molecule has 0 unspecified atom stereocenters. The van der Waals surface area contributed by atoms with Gasteiger partial charge in [-0.2, -0.15) is 4.31 Å². The molecule has 0 spiro atoms. The van der Waals surface area contributed by atoms with Crippen molar-refractivity contribution in [1.29, 1.82) is 0 Å². The second-order valence-electron chi connectivity index (χ2n) is 5.39. The molecule has 2 heterocycles. The van der Waals surface area contributed by atoms with Gasteiger partial charge in [-0.25, -0.2) is 8.42 Å². The highest BCUT2D eigenvalue weighted by molar-refractivity contribution is 7.89. The zero-order valence-electron chi connectivity index (χ0n) is 12.6. The van der Waals surface area contributed by atoms with Crippen LogP contribution in [-0.2, 0) is 16.6 Å². The molecule has 0 atom stereocenters. The highest BCUT2D eigenvalue weighted by Crippen LogP contribution is 2.27. The number of carbonyl (C=O) groups excluding carboxylic acids is 1. The van der Waals surface area contributed by atoms with Crippen molar-refractivity contribution in [3.8, 4) is 0 Å². The molecule has 5 nitrogen and oxygen atoms in total. The summed E-state index contributed by atoms with van der Waals surface area (Å²) in [7, 11) is -3.57. The van der Waals surface area contributed by atoms with E-state index < -0.39 is 10.0 Å². The first-order valence-corrected chi connectivity index (χ1v) is 9.81. The topological polar surface area (TPSA) is 66.5 Å². The van der Waals surface area contributed by atoms with E-state index in [0.29, 0.717) is 19.6 Å². The molecule has 0 bridgehead atoms. The zero-order valence-corrected chi connectivity index (χ0v) is 14.2. The van der Waals surface area contributed by atoms with E-state index in [4.69, 9.17) is 0 Å². The standard InChI is InChI=1S/C16H18N2O3S2/c19-16(17-12-13-6-2-1-3-7-13)15-14(8-11-22-15)23(20,21)18-9-4-5-10-18/h1-3,6-8,11H,4-5,9-10,12H2,(H,17,19). The molecule has 7 heteroatoms. The van der Waals surface area contributed by atoms with Crippen molar-refractivity contribution in [2.24, 2.45) is 0 Å². The number of carbonyl (C=O) groups is 1. The molecule has 3 rings (SSSR count). The third-order valence-electron chi connectivity index (χ3n) is 3.81. The van der Waals surface area contributed by atoms with E-state index in [-0.39, 0.29) is 15.7 Å². The number of nitrogens with one attached hydrogen (secondary N) is 1. The normalized spacial score (nSPS) is 15.7. The number of hydrogen-bond donors (Lipinski definition) is 1. The highest BCUT2D eigenvalue weighted by atomic mass is 32.2. The summed E-state index contributed by atoms with van der Waals surface area (Å²) in [5.74, 6) is -0.346. The Hall–Kier alpha value is -1.70. The summed E-state index contributed by atoms with van der Waals surface area (Å²) in [5.41, 5.74) is 0.973. The van der Waals surface area contributed by atoms with Crippen LogP contribution in [0.25, 0.3) is 0 Å². The highest BCUT2D eigenvalue weighted by Gasteiger charge is 2.31. The summed E-state index contributed by atoms with van der Waals surface area (Å²) in [6, 6.07) is 11.1. The smallest absolute Gasteiger partial charge is 0.263 e. The molecule has 1 aliphatic heterocycles. The molecule has 0 aliphatic carbocycles. The summed E-state index contributed by atoms with van der Waals surface area (Å²) in [6.07, 6.45) is 1.75. The molecular weight excluding hydrogens is 332 g/mol. The number of amides is 1. The molecule has 23 heavy (non-hydrogen) atoms. The molecule has 1 saturated heterocycles. The number of nitrogens with zero attached hydrogens (tertiary/aromatic N) is 1. The van der Waals surface area contributed by atoms with Gasteiger partial charge in [0.15, 0.2) is 0 Å². The fourth-order valence-corrected chi connectivity index (χ4v) is 5.43. The van der Waals surface area contributed by atoms with Crippen LogP contribution in [0.3, 0.4) is 0 Å². The average Bonchev–Trinajstić information content (AvgIpc) is 3.25. The first-order chi connectivity index (χ1) is 11.1. The van der Waals surface area contributed by atoms with Crippen molar-refractivity contribution in [1.82, 2.24) is 9.62 Å². The summed E-state index contributed by atoms with van der Waals surface area (Å²) < 4.78 is 26.8. The predicted octanol–water partition coefficient (Wildman–Crippen LogP) is 2.46. The van der Waals surface area contributed by atoms with Gasteiger partial charge >= 0.3 is 0 Å². The van der Waals surface area contributed by atoms with Crippen LogP contribution >= 0.6 is 11.3 Å². The lowest BCUT2D eigenvalue weighted by atomic mass is 10.2. The lowest BCUT2D eigenvalue weighted by molar-refractivity contribution is 0.0952. The van der Waals surface area contributed by atoms with Crippen LogP contribution in [-0.4, -0.2) is 31.7 Å². The lowest BCUT2D eigenvalue weighted by Crippen LogP contribution is -2.30. The Morgan fingerprint density at radius 1 is 1.13 bits per heavy atom. The maximum absolute atomic E-state index is 12.6. The Balaban J connectivity index is 1.76. The molecule has 122 valence electrons. The van der Waals surface area contributed by atoms with Gasteiger partial charge in [0.1, 0.15) is 9.77 Å². The van der Waals surface area contributed by atoms with Gasteiger partial charge in [0.25, 0.3) is 5.91 Å². The van der Waals surface area contributed by atoms with Gasteiger partial charge < -0.3 is 5.32 Å². The van der Waals surface area contributed by atoms with Gasteiger partial charge in [-0.1, -0.05) is 30.3 Å². The van der Waals surface area contributed by atoms with E-state index in [0.717, 1.165) is 29.7 Å². The predicted molar refractivity (Wildman–Crippen MR) is 89.9 cm³/mol. The minimum atomic E-state index is -3.57. The summed E-state index contributed by atoms with van der Waals surface area (Å²) in [5, 5.41) is 4.45. The first kappa shape index (κ1) is 16.2. The molecule has 1 aromatic carbocycles. The van der Waals surface area contributed by atoms with Gasteiger partial charge in [0, 0.05) is 19.6 Å². The van der Waals surface area contributed by atoms with Crippen molar-refractivity contribution in [2.45, 2.75) is 24.3 Å². The second kappa shape index (κ2) is 6.82. The van der Waals surface area contributed by atoms with Gasteiger partial charge in [0.05, 0.1) is 0 Å². The summed E-state index contributed by atoms with van der Waals surface area (Å²) in [4.78, 5) is 12.8. The Kier molecular flexibility index (Phi) is 4.79. The van der Waals surface area contributed by atoms with Crippen LogP contribution in [0.1, 0.15) is 28.1 Å². The molecule has 2 aromatic rings. The fraction of sp³-hybridized carbons (Fsp3) is 0.312. The Morgan fingerprint density at radius 3 is 2.52 bits per heavy atom. The van der Waals surface area contributed by atoms with Gasteiger partial charge in [-0.3, -0.25) is 4.79 Å². The molecule has 1 fully saturated rings. The Bertz CT molecular complexity index is 779. The Labute approximate surface area is 140 Å². The van der Waals surface area contributed by atoms with E-state index in [2.05, 4.69) is 5.32 Å². The zero-order chi connectivity index (χ0) is 16.3. The molecule has 1 amide bonds. The third-order valence-corrected chi connectivity index (χ3v) is 6.80. The first-order valence-electron chi connectivity index (χ1n) is 7.49. The second-order valence-corrected chi connectivity index (χ2v) is 8.22. The maximum atomic E-state index is 12.6. The number of sulfonamides is 1. The summed E-state index contributed by atoms with van der Waals surface area (Å²) in [6.45, 7) is 1.44. The molecular formula is C16H18N2O3S2. The van der Waals surface area contributed by atoms with Crippen LogP contribution in [0.4, 0.5) is 0 Å². The van der Waals surface area contributed by atoms with Crippen molar-refractivity contribution in [3.63, 3.8) is 0 Å². The van der Waals surface area contributed by atoms with Crippen LogP contribution in [0.2, 0.25) is 0 Å². The molecule has 1 N–H and O–H groups in total. The molecule has 0 saturated carbocycles. The van der Waals surface area contributed by atoms with Gasteiger partial charge in [0.2, 0.25) is 10.0 Å². The largest absolute Gasteiger partial charge is 0.347 e. The molecule has 0 radical (unpaired) electrons. The van der Waals surface area contributed by atoms with Gasteiger partial charge in [-0.05, 0) is 29.9 Å². The van der Waals surface area contributed by atoms with E-state index in [1.807, 2.05) is 30.3 Å². The van der Waals surface area contributed by atoms with E-state index in [1.165, 1.54) is 10.4 Å². The van der Waals surface area contributed by atoms with Crippen LogP contribution in [0.15, 0.2) is 46.7 Å². The van der Waals surface area contributed by atoms with Crippen LogP contribution in [0.5, 0.6) is 0 Å². The monoisotopic (exact) mass is 350 g/mol. The quantitative estimate of drug-likeness (QED) is 0.901. The number of hydrogen-bond acceptors (Lipinski definition) is 4. The maximum Gasteiger partial charge on any atom is 0.263 e. The van der Waals surface area contributed by atoms with Crippen molar-refractivity contribution < 1.29 is 13.2 Å². The molecule has 1 aromatic heterocycles. The SMILES string of the molecule is O=C(NCc1ccccc1)c1sccc1S(=O)(=O)N1CCCC1. The van der Waals surface area contributed by atoms with Crippen molar-refractivity contribution in [3.05, 3.63) is 52.2 Å². The van der Waals surface area contributed by atoms with E-state index in [1.54, 1.807) is 5.38 Å². The van der Waals surface area contributed by atoms with Crippen LogP contribution in [0, 0.1) is 0 Å². The number of thiophene rings is 1. The number of benzene rings is 1. The average molecular weight is 350 g/mol. The Morgan fingerprint density at radius 2 is 1.83 bits per heavy atom. The van der Waals surface area contributed by atoms with Crippen molar-refractivity contribution >= 4 is 27.3 Å². The third kappa shape index (κ3) is 3.46. The number of rotatable bonds is 5. The van der Waals surface area contributed by atoms with E-state index >= 15 is 0 Å². The van der Waals surface area contributed by atoms with Crippen molar-refractivity contribution in [2.75, 3.05) is 13.1 Å².